The maximum absolute atomic E-state index is 12.9. The van der Waals surface area contributed by atoms with Crippen LogP contribution in [-0.4, -0.2) is 43.1 Å². The number of carbonyl (C=O) groups excluding carboxylic acids is 1. The number of carbonyl (C=O) groups is 1. The number of benzene rings is 1. The Bertz CT molecular complexity index is 596. The number of piperidine rings is 2. The fourth-order valence-corrected chi connectivity index (χ4v) is 4.29. The molecule has 6 heteroatoms. The molecule has 1 atom stereocenters. The van der Waals surface area contributed by atoms with Crippen LogP contribution >= 0.6 is 12.4 Å². The minimum Gasteiger partial charge on any atom is -0.490 e. The average Bonchev–Trinajstić information content (AvgIpc) is 3.30. The molecule has 1 N–H and O–H groups in total. The van der Waals surface area contributed by atoms with Crippen LogP contribution in [0.4, 0.5) is 4.39 Å². The molecule has 1 aliphatic carbocycles. The lowest BCUT2D eigenvalue weighted by molar-refractivity contribution is -0.135. The van der Waals surface area contributed by atoms with Crippen molar-refractivity contribution in [2.75, 3.05) is 26.2 Å². The van der Waals surface area contributed by atoms with Crippen molar-refractivity contribution in [1.29, 1.82) is 0 Å². The zero-order valence-electron chi connectivity index (χ0n) is 14.4. The minimum atomic E-state index is -0.251. The summed E-state index contributed by atoms with van der Waals surface area (Å²) in [7, 11) is 0. The molecular formula is C19H26ClFN2O2. The number of ether oxygens (including phenoxy) is 1. The van der Waals surface area contributed by atoms with Gasteiger partial charge >= 0.3 is 0 Å². The monoisotopic (exact) mass is 368 g/mol. The fraction of sp³-hybridized carbons (Fsp3) is 0.632. The first-order valence-corrected chi connectivity index (χ1v) is 9.08. The van der Waals surface area contributed by atoms with Crippen molar-refractivity contribution in [3.8, 4) is 5.75 Å². The number of hydrogen-bond acceptors (Lipinski definition) is 3. The predicted octanol–water partition coefficient (Wildman–Crippen LogP) is 3.01. The lowest BCUT2D eigenvalue weighted by Gasteiger charge is -2.33. The first-order chi connectivity index (χ1) is 11.7. The number of likely N-dealkylation sites (tertiary alicyclic amines) is 1. The summed E-state index contributed by atoms with van der Waals surface area (Å²) in [6.07, 6.45) is 5.20. The normalized spacial score (nSPS) is 25.3. The predicted molar refractivity (Wildman–Crippen MR) is 96.5 cm³/mol. The van der Waals surface area contributed by atoms with Crippen molar-refractivity contribution in [2.24, 2.45) is 11.3 Å². The van der Waals surface area contributed by atoms with E-state index < -0.39 is 0 Å². The van der Waals surface area contributed by atoms with Crippen molar-refractivity contribution >= 4 is 18.3 Å². The zero-order valence-corrected chi connectivity index (χ0v) is 15.2. The van der Waals surface area contributed by atoms with Crippen molar-refractivity contribution in [3.63, 3.8) is 0 Å². The Kier molecular flexibility index (Phi) is 5.54. The van der Waals surface area contributed by atoms with Gasteiger partial charge in [-0.1, -0.05) is 0 Å². The molecule has 2 heterocycles. The van der Waals surface area contributed by atoms with E-state index in [1.807, 2.05) is 4.90 Å². The summed E-state index contributed by atoms with van der Waals surface area (Å²) in [6, 6.07) is 6.16. The molecule has 3 aliphatic rings. The van der Waals surface area contributed by atoms with Crippen LogP contribution in [0.1, 0.15) is 32.1 Å². The van der Waals surface area contributed by atoms with E-state index in [1.165, 1.54) is 12.1 Å². The molecule has 1 amide bonds. The van der Waals surface area contributed by atoms with Gasteiger partial charge < -0.3 is 15.0 Å². The summed E-state index contributed by atoms with van der Waals surface area (Å²) < 4.78 is 18.8. The molecule has 1 aromatic carbocycles. The van der Waals surface area contributed by atoms with E-state index in [4.69, 9.17) is 4.74 Å². The van der Waals surface area contributed by atoms with Crippen LogP contribution in [0.25, 0.3) is 0 Å². The Morgan fingerprint density at radius 2 is 1.80 bits per heavy atom. The molecule has 25 heavy (non-hydrogen) atoms. The second-order valence-electron chi connectivity index (χ2n) is 7.47. The highest BCUT2D eigenvalue weighted by molar-refractivity contribution is 5.85. The first kappa shape index (κ1) is 18.5. The van der Waals surface area contributed by atoms with Crippen molar-refractivity contribution < 1.29 is 13.9 Å². The lowest BCUT2D eigenvalue weighted by Crippen LogP contribution is -2.43. The molecular weight excluding hydrogens is 343 g/mol. The molecule has 138 valence electrons. The Hall–Kier alpha value is -1.33. The smallest absolute Gasteiger partial charge is 0.226 e. The van der Waals surface area contributed by atoms with Crippen molar-refractivity contribution in [2.45, 2.75) is 38.2 Å². The second-order valence-corrected chi connectivity index (χ2v) is 7.47. The van der Waals surface area contributed by atoms with Gasteiger partial charge in [0.05, 0.1) is 0 Å². The Labute approximate surface area is 154 Å². The third kappa shape index (κ3) is 3.93. The van der Waals surface area contributed by atoms with E-state index in [9.17, 15) is 9.18 Å². The second kappa shape index (κ2) is 7.50. The molecule has 1 unspecified atom stereocenters. The third-order valence-corrected chi connectivity index (χ3v) is 5.96. The lowest BCUT2D eigenvalue weighted by atomic mass is 9.91. The van der Waals surface area contributed by atoms with Crippen LogP contribution in [0.3, 0.4) is 0 Å². The molecule has 1 saturated carbocycles. The van der Waals surface area contributed by atoms with Crippen LogP contribution in [-0.2, 0) is 4.79 Å². The summed E-state index contributed by atoms with van der Waals surface area (Å²) in [4.78, 5) is 14.8. The molecule has 4 rings (SSSR count). The van der Waals surface area contributed by atoms with E-state index >= 15 is 0 Å². The maximum Gasteiger partial charge on any atom is 0.226 e. The van der Waals surface area contributed by atoms with E-state index in [0.717, 1.165) is 58.3 Å². The molecule has 1 spiro atoms. The summed E-state index contributed by atoms with van der Waals surface area (Å²) in [6.45, 7) is 3.65. The maximum atomic E-state index is 12.9. The zero-order chi connectivity index (χ0) is 16.6. The molecule has 0 aromatic heterocycles. The number of nitrogens with one attached hydrogen (secondary N) is 1. The van der Waals surface area contributed by atoms with Crippen LogP contribution in [0.15, 0.2) is 24.3 Å². The van der Waals surface area contributed by atoms with Gasteiger partial charge in [0.1, 0.15) is 17.7 Å². The molecule has 3 fully saturated rings. The molecule has 4 nitrogen and oxygen atoms in total. The first-order valence-electron chi connectivity index (χ1n) is 9.08. The largest absolute Gasteiger partial charge is 0.490 e. The van der Waals surface area contributed by atoms with Gasteiger partial charge in [-0.05, 0) is 62.0 Å². The average molecular weight is 369 g/mol. The van der Waals surface area contributed by atoms with Crippen LogP contribution in [0.2, 0.25) is 0 Å². The SMILES string of the molecule is Cl.O=C(C1CC12CCNCC2)N1CCC(Oc2ccc(F)cc2)CC1. The Morgan fingerprint density at radius 3 is 2.44 bits per heavy atom. The number of rotatable bonds is 3. The third-order valence-electron chi connectivity index (χ3n) is 5.96. The molecule has 2 aliphatic heterocycles. The van der Waals surface area contributed by atoms with Crippen LogP contribution < -0.4 is 10.1 Å². The molecule has 0 radical (unpaired) electrons. The van der Waals surface area contributed by atoms with Gasteiger partial charge in [-0.15, -0.1) is 12.4 Å². The van der Waals surface area contributed by atoms with Crippen molar-refractivity contribution in [3.05, 3.63) is 30.1 Å². The van der Waals surface area contributed by atoms with Gasteiger partial charge in [-0.2, -0.15) is 0 Å². The standard InChI is InChI=1S/C19H25FN2O2.ClH/c20-14-1-3-15(4-2-14)24-16-5-11-22(12-6-16)18(23)17-13-19(17)7-9-21-10-8-19;/h1-4,16-17,21H,5-13H2;1H. The summed E-state index contributed by atoms with van der Waals surface area (Å²) >= 11 is 0. The van der Waals surface area contributed by atoms with Gasteiger partial charge in [0.2, 0.25) is 5.91 Å². The van der Waals surface area contributed by atoms with Crippen LogP contribution in [0.5, 0.6) is 5.75 Å². The summed E-state index contributed by atoms with van der Waals surface area (Å²) in [5.74, 6) is 1.07. The van der Waals surface area contributed by atoms with E-state index in [0.29, 0.717) is 17.1 Å². The number of hydrogen-bond donors (Lipinski definition) is 1. The minimum absolute atomic E-state index is 0. The number of amides is 1. The van der Waals surface area contributed by atoms with Gasteiger partial charge in [0.15, 0.2) is 0 Å². The number of halogens is 2. The highest BCUT2D eigenvalue weighted by Gasteiger charge is 2.58. The van der Waals surface area contributed by atoms with E-state index in [2.05, 4.69) is 5.32 Å². The molecule has 1 aromatic rings. The quantitative estimate of drug-likeness (QED) is 0.891. The highest BCUT2D eigenvalue weighted by Crippen LogP contribution is 2.59. The van der Waals surface area contributed by atoms with Crippen molar-refractivity contribution in [1.82, 2.24) is 10.2 Å². The summed E-state index contributed by atoms with van der Waals surface area (Å²) in [5.41, 5.74) is 0.309. The fourth-order valence-electron chi connectivity index (χ4n) is 4.29. The summed E-state index contributed by atoms with van der Waals surface area (Å²) in [5, 5.41) is 3.39. The number of nitrogens with zero attached hydrogens (tertiary/aromatic N) is 1. The molecule has 0 bridgehead atoms. The van der Waals surface area contributed by atoms with Gasteiger partial charge in [-0.25, -0.2) is 4.39 Å². The topological polar surface area (TPSA) is 41.6 Å². The van der Waals surface area contributed by atoms with Crippen LogP contribution in [0, 0.1) is 17.2 Å². The molecule has 2 saturated heterocycles. The Balaban J connectivity index is 0.00000182. The van der Waals surface area contributed by atoms with E-state index in [-0.39, 0.29) is 30.2 Å². The van der Waals surface area contributed by atoms with Gasteiger partial charge in [-0.3, -0.25) is 4.79 Å². The van der Waals surface area contributed by atoms with Gasteiger partial charge in [0, 0.05) is 31.8 Å². The van der Waals surface area contributed by atoms with E-state index in [1.54, 1.807) is 12.1 Å². The Morgan fingerprint density at radius 1 is 1.16 bits per heavy atom. The van der Waals surface area contributed by atoms with Gasteiger partial charge in [0.25, 0.3) is 0 Å². The highest BCUT2D eigenvalue weighted by atomic mass is 35.5.